The summed E-state index contributed by atoms with van der Waals surface area (Å²) in [5.41, 5.74) is 1.94. The van der Waals surface area contributed by atoms with Gasteiger partial charge in [-0.25, -0.2) is 4.39 Å². The van der Waals surface area contributed by atoms with E-state index in [0.717, 1.165) is 32.6 Å². The third kappa shape index (κ3) is 4.11. The molecule has 154 valence electrons. The number of rotatable bonds is 3. The summed E-state index contributed by atoms with van der Waals surface area (Å²) in [5, 5.41) is 10.8. The lowest BCUT2D eigenvalue weighted by Crippen LogP contribution is -2.59. The van der Waals surface area contributed by atoms with Crippen LogP contribution in [-0.2, 0) is 0 Å². The van der Waals surface area contributed by atoms with E-state index in [0.29, 0.717) is 30.0 Å². The van der Waals surface area contributed by atoms with Gasteiger partial charge < -0.3 is 14.9 Å². The number of para-hydroxylation sites is 1. The van der Waals surface area contributed by atoms with Crippen LogP contribution in [0.5, 0.6) is 0 Å². The van der Waals surface area contributed by atoms with E-state index in [1.807, 2.05) is 19.1 Å². The first kappa shape index (κ1) is 19.8. The number of carbonyl (C=O) groups excluding carboxylic acids is 1. The number of likely N-dealkylation sites (tertiary alicyclic amines) is 1. The molecule has 0 saturated carbocycles. The first-order valence-electron chi connectivity index (χ1n) is 10.2. The number of hydrogen-bond donors (Lipinski definition) is 1. The number of aryl methyl sites for hydroxylation is 1. The standard InChI is InChI=1S/C22H27FN4O2/c1-16-17(5-4-9-24-16)22(29)27-10-8-20(21(28)15-27)26-13-11-25(12-14-26)19-7-3-2-6-18(19)23/h2-7,9,20-21,28H,8,10-15H2,1H3/t20-,21-/m0/s1. The molecule has 0 aliphatic carbocycles. The Balaban J connectivity index is 1.35. The summed E-state index contributed by atoms with van der Waals surface area (Å²) in [6.07, 6.45) is 1.81. The molecule has 6 nitrogen and oxygen atoms in total. The summed E-state index contributed by atoms with van der Waals surface area (Å²) in [4.78, 5) is 23.0. The molecule has 2 aromatic rings. The minimum absolute atomic E-state index is 0.0248. The average molecular weight is 398 g/mol. The van der Waals surface area contributed by atoms with Crippen molar-refractivity contribution in [3.05, 3.63) is 59.7 Å². The normalized spacial score (nSPS) is 23.3. The van der Waals surface area contributed by atoms with Gasteiger partial charge in [0.05, 0.1) is 17.4 Å². The van der Waals surface area contributed by atoms with Crippen LogP contribution in [0, 0.1) is 12.7 Å². The van der Waals surface area contributed by atoms with Crippen LogP contribution in [0.1, 0.15) is 22.5 Å². The maximum atomic E-state index is 14.0. The number of aliphatic hydroxyl groups excluding tert-OH is 1. The first-order valence-corrected chi connectivity index (χ1v) is 10.2. The molecule has 2 aliphatic heterocycles. The van der Waals surface area contributed by atoms with Gasteiger partial charge in [-0.1, -0.05) is 12.1 Å². The number of amides is 1. The molecule has 2 saturated heterocycles. The molecule has 1 amide bonds. The molecule has 1 aromatic heterocycles. The lowest BCUT2D eigenvalue weighted by Gasteiger charge is -2.45. The molecule has 3 heterocycles. The quantitative estimate of drug-likeness (QED) is 0.856. The van der Waals surface area contributed by atoms with Crippen molar-refractivity contribution < 1.29 is 14.3 Å². The van der Waals surface area contributed by atoms with Gasteiger partial charge >= 0.3 is 0 Å². The molecule has 2 atom stereocenters. The zero-order valence-corrected chi connectivity index (χ0v) is 16.7. The maximum absolute atomic E-state index is 14.0. The zero-order chi connectivity index (χ0) is 20.4. The highest BCUT2D eigenvalue weighted by Crippen LogP contribution is 2.24. The van der Waals surface area contributed by atoms with Gasteiger partial charge in [-0.15, -0.1) is 0 Å². The summed E-state index contributed by atoms with van der Waals surface area (Å²) in [6.45, 7) is 5.75. The van der Waals surface area contributed by atoms with Gasteiger partial charge in [0.25, 0.3) is 5.91 Å². The van der Waals surface area contributed by atoms with Gasteiger partial charge in [-0.3, -0.25) is 14.7 Å². The summed E-state index contributed by atoms with van der Waals surface area (Å²) < 4.78 is 14.0. The Bertz CT molecular complexity index is 869. The van der Waals surface area contributed by atoms with Crippen molar-refractivity contribution in [3.63, 3.8) is 0 Å². The number of hydrogen-bond acceptors (Lipinski definition) is 5. The topological polar surface area (TPSA) is 59.9 Å². The minimum atomic E-state index is -0.593. The summed E-state index contributed by atoms with van der Waals surface area (Å²) in [5.74, 6) is -0.268. The van der Waals surface area contributed by atoms with Gasteiger partial charge in [-0.05, 0) is 37.6 Å². The van der Waals surface area contributed by atoms with E-state index in [1.54, 1.807) is 29.3 Å². The van der Waals surface area contributed by atoms with E-state index in [-0.39, 0.29) is 17.8 Å². The van der Waals surface area contributed by atoms with E-state index in [2.05, 4.69) is 14.8 Å². The number of aliphatic hydroxyl groups is 1. The number of piperidine rings is 1. The Kier molecular flexibility index (Phi) is 5.78. The van der Waals surface area contributed by atoms with Gasteiger partial charge in [-0.2, -0.15) is 0 Å². The fourth-order valence-corrected chi connectivity index (χ4v) is 4.41. The monoisotopic (exact) mass is 398 g/mol. The number of β-amino-alcohol motifs (C(OH)–C–C–N with tert-alkyl or cyclic N) is 1. The van der Waals surface area contributed by atoms with E-state index in [4.69, 9.17) is 0 Å². The van der Waals surface area contributed by atoms with Crippen molar-refractivity contribution in [1.82, 2.24) is 14.8 Å². The zero-order valence-electron chi connectivity index (χ0n) is 16.7. The van der Waals surface area contributed by atoms with E-state index in [9.17, 15) is 14.3 Å². The molecular weight excluding hydrogens is 371 g/mol. The SMILES string of the molecule is Cc1ncccc1C(=O)N1CC[C@H](N2CCN(c3ccccc3F)CC2)[C@@H](O)C1. The highest BCUT2D eigenvalue weighted by atomic mass is 19.1. The third-order valence-electron chi connectivity index (χ3n) is 6.05. The predicted molar refractivity (Wildman–Crippen MR) is 109 cm³/mol. The van der Waals surface area contributed by atoms with Crippen LogP contribution in [0.25, 0.3) is 0 Å². The smallest absolute Gasteiger partial charge is 0.255 e. The molecule has 0 unspecified atom stereocenters. The van der Waals surface area contributed by atoms with Crippen LogP contribution < -0.4 is 4.90 Å². The Morgan fingerprint density at radius 1 is 1.10 bits per heavy atom. The molecule has 1 aromatic carbocycles. The lowest BCUT2D eigenvalue weighted by atomic mass is 9.98. The largest absolute Gasteiger partial charge is 0.390 e. The Labute approximate surface area is 170 Å². The van der Waals surface area contributed by atoms with E-state index in [1.165, 1.54) is 6.07 Å². The second-order valence-corrected chi connectivity index (χ2v) is 7.79. The van der Waals surface area contributed by atoms with Crippen molar-refractivity contribution >= 4 is 11.6 Å². The number of anilines is 1. The second-order valence-electron chi connectivity index (χ2n) is 7.79. The van der Waals surface area contributed by atoms with Gasteiger partial charge in [0, 0.05) is 57.2 Å². The molecule has 7 heteroatoms. The molecule has 0 spiro atoms. The predicted octanol–water partition coefficient (Wildman–Crippen LogP) is 1.93. The second kappa shape index (κ2) is 8.47. The molecule has 4 rings (SSSR count). The number of aromatic nitrogens is 1. The van der Waals surface area contributed by atoms with Gasteiger partial charge in [0.1, 0.15) is 5.82 Å². The molecule has 2 aliphatic rings. The van der Waals surface area contributed by atoms with E-state index >= 15 is 0 Å². The van der Waals surface area contributed by atoms with Gasteiger partial charge in [0.15, 0.2) is 0 Å². The van der Waals surface area contributed by atoms with Crippen LogP contribution in [0.4, 0.5) is 10.1 Å². The molecule has 0 radical (unpaired) electrons. The number of piperazine rings is 1. The van der Waals surface area contributed by atoms with Crippen LogP contribution in [0.2, 0.25) is 0 Å². The van der Waals surface area contributed by atoms with E-state index < -0.39 is 6.10 Å². The first-order chi connectivity index (χ1) is 14.0. The molecule has 0 bridgehead atoms. The molecular formula is C22H27FN4O2. The third-order valence-corrected chi connectivity index (χ3v) is 6.05. The van der Waals surface area contributed by atoms with Crippen molar-refractivity contribution in [2.45, 2.75) is 25.5 Å². The fourth-order valence-electron chi connectivity index (χ4n) is 4.41. The Morgan fingerprint density at radius 3 is 2.55 bits per heavy atom. The van der Waals surface area contributed by atoms with Crippen LogP contribution >= 0.6 is 0 Å². The number of pyridine rings is 1. The summed E-state index contributed by atoms with van der Waals surface area (Å²) in [7, 11) is 0. The summed E-state index contributed by atoms with van der Waals surface area (Å²) >= 11 is 0. The maximum Gasteiger partial charge on any atom is 0.255 e. The molecule has 1 N–H and O–H groups in total. The molecule has 2 fully saturated rings. The van der Waals surface area contributed by atoms with Crippen molar-refractivity contribution in [2.24, 2.45) is 0 Å². The number of nitrogens with zero attached hydrogens (tertiary/aromatic N) is 4. The fraction of sp³-hybridized carbons (Fsp3) is 0.455. The van der Waals surface area contributed by atoms with Crippen LogP contribution in [0.15, 0.2) is 42.6 Å². The number of benzene rings is 1. The van der Waals surface area contributed by atoms with Crippen LogP contribution in [-0.4, -0.2) is 77.2 Å². The minimum Gasteiger partial charge on any atom is -0.390 e. The highest BCUT2D eigenvalue weighted by molar-refractivity contribution is 5.95. The highest BCUT2D eigenvalue weighted by Gasteiger charge is 2.35. The number of carbonyl (C=O) groups is 1. The van der Waals surface area contributed by atoms with Crippen LogP contribution in [0.3, 0.4) is 0 Å². The summed E-state index contributed by atoms with van der Waals surface area (Å²) in [6, 6.07) is 10.4. The lowest BCUT2D eigenvalue weighted by molar-refractivity contribution is -0.0107. The number of halogens is 1. The molecule has 29 heavy (non-hydrogen) atoms. The van der Waals surface area contributed by atoms with Crippen molar-refractivity contribution in [2.75, 3.05) is 44.2 Å². The Hall–Kier alpha value is -2.51. The van der Waals surface area contributed by atoms with Crippen molar-refractivity contribution in [3.8, 4) is 0 Å². The van der Waals surface area contributed by atoms with Crippen molar-refractivity contribution in [1.29, 1.82) is 0 Å². The Morgan fingerprint density at radius 2 is 1.86 bits per heavy atom. The average Bonchev–Trinajstić information content (AvgIpc) is 2.74. The van der Waals surface area contributed by atoms with Gasteiger partial charge in [0.2, 0.25) is 0 Å².